The van der Waals surface area contributed by atoms with Gasteiger partial charge < -0.3 is 109 Å². The number of nitrogens with one attached hydrogen (secondary N) is 9. The lowest BCUT2D eigenvalue weighted by Crippen LogP contribution is -2.45. The number of rotatable bonds is 95. The maximum absolute atomic E-state index is 14.0. The molecule has 0 aliphatic heterocycles. The minimum atomic E-state index is -1.44. The number of carboxylic acid groups (broad SMARTS) is 5. The van der Waals surface area contributed by atoms with Gasteiger partial charge in [0.1, 0.15) is 64.6 Å². The van der Waals surface area contributed by atoms with E-state index in [0.717, 1.165) is 108 Å². The second-order valence-electron chi connectivity index (χ2n) is 39.3. The number of aryl methyl sites for hydroxylation is 1. The third kappa shape index (κ3) is 60.1. The summed E-state index contributed by atoms with van der Waals surface area (Å²) in [6.07, 6.45) is 20.9. The minimum absolute atomic E-state index is 0.0423. The summed E-state index contributed by atoms with van der Waals surface area (Å²) in [5, 5.41) is 108. The number of H-pyrrole nitrogens is 1. The van der Waals surface area contributed by atoms with E-state index in [-0.39, 0.29) is 163 Å². The standard InChI is InChI=1S/C107H166N12O31/c1-107(2,63-81(126)44-43-78-64-110-71-116-78)94(131)52-41-72(30-22-25-56-112-100(137)85(108)32-19-17-20-35-91(128)89(69-122)118-97(134)54-51-92(129)90(70-123)119-96(133)53-42-75(104(143)144)60-79(124)31-18-13-9-5-3-7-11-15-28-58-149-83-46-37-73(38-47-83)102(139)140)93(130)66-114-87(105(145)146)34-24-27-57-113-101(138)86(109)33-23-26-55-111-98(135)77(68-121)62-82(127)65-115-99(136)76(67-120)61-80(125)45-50-88(106(147)148)117-95(132)36-21-14-10-6-4-8-12-16-29-59-150-84-48-39-74(40-49-84)103(141)142/h37-40,46-49,64,71-72,75-77,85-90,114,120-123H,3-36,41-45,50-63,65-70,108-109H2,1-2H3,(H,110,116)(H,111,135)(H,112,137)(H,113,138)(H,115,136)(H,117,132)(H,118,134)(H,119,133)(H,139,140)(H,141,142)(H,143,144)(H,145,146)(H,147,148)/t72-,75-,76+,77+,85+,86+,87+,88+,89+,90+/m1/s1. The highest BCUT2D eigenvalue weighted by Gasteiger charge is 2.34. The molecular formula is C107H166N12O31. The van der Waals surface area contributed by atoms with E-state index in [1.165, 1.54) is 30.6 Å². The third-order valence-electron chi connectivity index (χ3n) is 26.2. The van der Waals surface area contributed by atoms with Crippen LogP contribution in [0.15, 0.2) is 61.1 Å². The van der Waals surface area contributed by atoms with E-state index in [4.69, 9.17) is 31.2 Å². The number of benzene rings is 2. The van der Waals surface area contributed by atoms with Crippen molar-refractivity contribution in [2.24, 2.45) is 40.6 Å². The first kappa shape index (κ1) is 132. The number of aromatic amines is 1. The highest BCUT2D eigenvalue weighted by atomic mass is 16.5. The van der Waals surface area contributed by atoms with Gasteiger partial charge in [-0.3, -0.25) is 86.8 Å². The van der Waals surface area contributed by atoms with E-state index in [1.54, 1.807) is 44.3 Å². The number of carbonyl (C=O) groups is 20. The first-order chi connectivity index (χ1) is 71.7. The topological polar surface area (TPSA) is 719 Å². The molecule has 0 saturated carbocycles. The zero-order chi connectivity index (χ0) is 111. The molecule has 43 heteroatoms. The summed E-state index contributed by atoms with van der Waals surface area (Å²) in [5.74, 6) is -17.0. The minimum Gasteiger partial charge on any atom is -0.494 e. The van der Waals surface area contributed by atoms with Crippen molar-refractivity contribution in [2.75, 3.05) is 72.4 Å². The van der Waals surface area contributed by atoms with Gasteiger partial charge in [-0.15, -0.1) is 0 Å². The molecule has 150 heavy (non-hydrogen) atoms. The summed E-state index contributed by atoms with van der Waals surface area (Å²) in [7, 11) is 0. The zero-order valence-electron chi connectivity index (χ0n) is 87.4. The van der Waals surface area contributed by atoms with Crippen molar-refractivity contribution >= 4 is 117 Å². The average molecular weight is 2120 g/mol. The van der Waals surface area contributed by atoms with Crippen LogP contribution in [0.3, 0.4) is 0 Å². The van der Waals surface area contributed by atoms with Gasteiger partial charge in [0.2, 0.25) is 41.4 Å². The van der Waals surface area contributed by atoms with Crippen LogP contribution in [-0.4, -0.2) is 282 Å². The zero-order valence-corrected chi connectivity index (χ0v) is 87.4. The van der Waals surface area contributed by atoms with Crippen molar-refractivity contribution in [1.82, 2.24) is 52.5 Å². The van der Waals surface area contributed by atoms with Crippen LogP contribution in [0.4, 0.5) is 0 Å². The molecule has 3 rings (SSSR count). The highest BCUT2D eigenvalue weighted by Crippen LogP contribution is 2.29. The Balaban J connectivity index is 1.33. The molecule has 22 N–H and O–H groups in total. The molecule has 1 heterocycles. The summed E-state index contributed by atoms with van der Waals surface area (Å²) < 4.78 is 11.3. The highest BCUT2D eigenvalue weighted by molar-refractivity contribution is 5.96. The number of amides is 7. The van der Waals surface area contributed by atoms with Crippen LogP contribution in [-0.2, 0) is 92.7 Å². The maximum atomic E-state index is 14.0. The number of aliphatic hydroxyl groups excluding tert-OH is 4. The summed E-state index contributed by atoms with van der Waals surface area (Å²) in [5.41, 5.74) is 12.5. The predicted octanol–water partition coefficient (Wildman–Crippen LogP) is 7.64. The number of carbonyl (C=O) groups excluding carboxylic acids is 15. The number of imidazole rings is 1. The summed E-state index contributed by atoms with van der Waals surface area (Å²) in [6.45, 7) is 0.682. The number of nitrogens with two attached hydrogens (primary N) is 2. The van der Waals surface area contributed by atoms with Crippen molar-refractivity contribution in [3.05, 3.63) is 77.9 Å². The van der Waals surface area contributed by atoms with Crippen molar-refractivity contribution in [3.8, 4) is 11.5 Å². The van der Waals surface area contributed by atoms with Gasteiger partial charge in [-0.2, -0.15) is 0 Å². The van der Waals surface area contributed by atoms with Gasteiger partial charge in [0.15, 0.2) is 17.3 Å². The lowest BCUT2D eigenvalue weighted by Gasteiger charge is -2.24. The summed E-state index contributed by atoms with van der Waals surface area (Å²) >= 11 is 0. The first-order valence-corrected chi connectivity index (χ1v) is 53.1. The Labute approximate surface area is 877 Å². The molecule has 0 saturated heterocycles. The van der Waals surface area contributed by atoms with Crippen LogP contribution in [0.25, 0.3) is 0 Å². The predicted molar refractivity (Wildman–Crippen MR) is 552 cm³/mol. The van der Waals surface area contributed by atoms with E-state index in [0.29, 0.717) is 102 Å². The van der Waals surface area contributed by atoms with E-state index in [1.807, 2.05) is 0 Å². The number of hydrogen-bond donors (Lipinski definition) is 20. The van der Waals surface area contributed by atoms with Crippen molar-refractivity contribution in [3.63, 3.8) is 0 Å². The molecule has 10 atom stereocenters. The number of aromatic carboxylic acids is 2. The van der Waals surface area contributed by atoms with Crippen LogP contribution in [0, 0.1) is 29.1 Å². The molecule has 1 aromatic heterocycles. The molecular weight excluding hydrogens is 1950 g/mol. The van der Waals surface area contributed by atoms with Gasteiger partial charge >= 0.3 is 29.8 Å². The Morgan fingerprint density at radius 2 is 0.760 bits per heavy atom. The van der Waals surface area contributed by atoms with Gasteiger partial charge in [-0.1, -0.05) is 123 Å². The smallest absolute Gasteiger partial charge is 0.335 e. The summed E-state index contributed by atoms with van der Waals surface area (Å²) in [4.78, 5) is 261. The number of hydrogen-bond acceptors (Lipinski definition) is 30. The number of aliphatic hydroxyl groups is 4. The number of Topliss-reactive ketones (excluding diaryl/α,β-unsaturated/α-hetero) is 8. The largest absolute Gasteiger partial charge is 0.494 e. The molecule has 0 aliphatic rings. The Bertz CT molecular complexity index is 4630. The van der Waals surface area contributed by atoms with Gasteiger partial charge in [0.25, 0.3) is 0 Å². The number of unbranched alkanes of at least 4 members (excludes halogenated alkanes) is 21. The number of aromatic nitrogens is 2. The molecule has 0 spiro atoms. The fourth-order valence-corrected chi connectivity index (χ4v) is 16.8. The normalized spacial score (nSPS) is 13.3. The first-order valence-electron chi connectivity index (χ1n) is 53.1. The van der Waals surface area contributed by atoms with Crippen LogP contribution in [0.5, 0.6) is 11.5 Å². The second-order valence-corrected chi connectivity index (χ2v) is 39.3. The van der Waals surface area contributed by atoms with Gasteiger partial charge in [-0.05, 0) is 164 Å². The number of carboxylic acids is 5. The molecule has 0 bridgehead atoms. The lowest BCUT2D eigenvalue weighted by molar-refractivity contribution is -0.144. The Morgan fingerprint density at radius 1 is 0.347 bits per heavy atom. The van der Waals surface area contributed by atoms with E-state index < -0.39 is 218 Å². The van der Waals surface area contributed by atoms with Crippen molar-refractivity contribution < 1.29 is 151 Å². The van der Waals surface area contributed by atoms with Crippen molar-refractivity contribution in [1.29, 1.82) is 0 Å². The van der Waals surface area contributed by atoms with Gasteiger partial charge in [-0.25, -0.2) is 19.4 Å². The van der Waals surface area contributed by atoms with Gasteiger partial charge in [0, 0.05) is 126 Å². The SMILES string of the molecule is CC(C)(CC(=O)CCc1cnc[nH]1)C(=O)CC[C@@H](CCCCNC(=O)[C@@H](N)CCCCCC(=O)[C@H](CO)NC(=O)CCC(=O)[C@H](CO)NC(=O)CC[C@H](CC(=O)CCCCCCCCCCCOc1ccc(C(=O)O)cc1)C(=O)O)C(=O)CN[C@@H](CCCCNC(=O)[C@@H](N)CCCCNC(=O)[C@H](CO)CC(=O)CNC(=O)[C@H](CO)CC(=O)CC[C@H](NC(=O)CCCCCCCCCCCOc1ccc(C(=O)O)cc1)C(=O)O)C(=O)O. The molecule has 0 aliphatic carbocycles. The van der Waals surface area contributed by atoms with Crippen molar-refractivity contribution in [2.45, 2.75) is 358 Å². The fraction of sp³-hybridized carbons (Fsp3) is 0.673. The monoisotopic (exact) mass is 2120 g/mol. The van der Waals surface area contributed by atoms with E-state index >= 15 is 0 Å². The quantitative estimate of drug-likeness (QED) is 0.0241. The number of ketones is 8. The molecule has 840 valence electrons. The molecule has 0 unspecified atom stereocenters. The fourth-order valence-electron chi connectivity index (χ4n) is 16.8. The van der Waals surface area contributed by atoms with Crippen LogP contribution in [0.1, 0.15) is 342 Å². The Morgan fingerprint density at radius 3 is 1.25 bits per heavy atom. The Kier molecular flexibility index (Phi) is 68.9. The number of aliphatic carboxylic acids is 3. The maximum Gasteiger partial charge on any atom is 0.335 e. The molecule has 2 aromatic carbocycles. The third-order valence-corrected chi connectivity index (χ3v) is 26.2. The second kappa shape index (κ2) is 78.2. The molecule has 7 amide bonds. The molecule has 3 aromatic rings. The average Bonchev–Trinajstić information content (AvgIpc) is 0.960. The summed E-state index contributed by atoms with van der Waals surface area (Å²) in [6, 6.07) is 5.29. The van der Waals surface area contributed by atoms with E-state index in [2.05, 4.69) is 52.5 Å². The molecule has 0 fully saturated rings. The lowest BCUT2D eigenvalue weighted by atomic mass is 9.78. The Hall–Kier alpha value is -12.0. The molecule has 0 radical (unpaired) electrons. The van der Waals surface area contributed by atoms with Crippen LogP contribution >= 0.6 is 0 Å². The molecule has 43 nitrogen and oxygen atoms in total. The number of nitrogens with zero attached hydrogens (tertiary/aromatic N) is 1. The van der Waals surface area contributed by atoms with E-state index in [9.17, 15) is 132 Å². The number of ether oxygens (including phenoxy) is 2. The van der Waals surface area contributed by atoms with Gasteiger partial charge in [0.05, 0.1) is 100 Å². The van der Waals surface area contributed by atoms with Crippen LogP contribution in [0.2, 0.25) is 0 Å². The van der Waals surface area contributed by atoms with Crippen LogP contribution < -0.4 is 63.5 Å².